The fourth-order valence-corrected chi connectivity index (χ4v) is 22.7. The number of hydrogen-bond acceptors (Lipinski definition) is 30. The Kier molecular flexibility index (Phi) is 22.8. The highest BCUT2D eigenvalue weighted by Gasteiger charge is 2.30. The lowest BCUT2D eigenvalue weighted by molar-refractivity contribution is 0.112. The minimum absolute atomic E-state index is 0.0130. The Morgan fingerprint density at radius 3 is 1.17 bits per heavy atom. The Balaban J connectivity index is 0.000000100. The monoisotopic (exact) mass is 1880 g/mol. The maximum absolute atomic E-state index is 11.2. The molecule has 33 nitrogen and oxygen atoms in total. The van der Waals surface area contributed by atoms with Crippen LogP contribution in [0.15, 0.2) is 248 Å². The van der Waals surface area contributed by atoms with Gasteiger partial charge in [-0.2, -0.15) is 45.9 Å². The van der Waals surface area contributed by atoms with Gasteiger partial charge in [-0.3, -0.25) is 34.7 Å². The molecule has 0 saturated carbocycles. The maximum atomic E-state index is 11.2. The highest BCUT2D eigenvalue weighted by atomic mass is 32.1. The van der Waals surface area contributed by atoms with E-state index in [1.807, 2.05) is 228 Å². The van der Waals surface area contributed by atoms with E-state index in [9.17, 15) is 9.90 Å². The van der Waals surface area contributed by atoms with Gasteiger partial charge in [0.2, 0.25) is 0 Å². The van der Waals surface area contributed by atoms with E-state index >= 15 is 0 Å². The lowest BCUT2D eigenvalue weighted by Crippen LogP contribution is -1.92. The normalized spacial score (nSPS) is 11.4. The summed E-state index contributed by atoms with van der Waals surface area (Å²) in [6.45, 7) is 14.0. The molecular formula is C93H70N30O3S7. The van der Waals surface area contributed by atoms with E-state index in [4.69, 9.17) is 29.3 Å². The number of hydrogen-bond donors (Lipinski definition) is 6. The van der Waals surface area contributed by atoms with Gasteiger partial charge in [0, 0.05) is 52.6 Å². The molecule has 40 heteroatoms. The second-order valence-corrected chi connectivity index (χ2v) is 37.2. The summed E-state index contributed by atoms with van der Waals surface area (Å²) < 4.78 is 15.3. The minimum Gasteiger partial charge on any atom is -0.460 e. The number of fused-ring (bicyclic) bond motifs is 5. The number of thiophene rings is 2. The molecule has 0 aliphatic heterocycles. The Bertz CT molecular complexity index is 8140. The van der Waals surface area contributed by atoms with E-state index in [2.05, 4.69) is 144 Å². The Morgan fingerprint density at radius 2 is 0.774 bits per heavy atom. The van der Waals surface area contributed by atoms with Crippen molar-refractivity contribution in [2.24, 2.45) is 0 Å². The quantitative estimate of drug-likeness (QED) is 0.0461. The smallest absolute Gasteiger partial charge is 0.167 e. The van der Waals surface area contributed by atoms with Crippen molar-refractivity contribution in [3.8, 4) is 162 Å². The second kappa shape index (κ2) is 36.2. The molecule has 0 atom stereocenters. The van der Waals surface area contributed by atoms with Crippen LogP contribution in [0.25, 0.3) is 189 Å². The number of benzene rings is 2. The predicted octanol–water partition coefficient (Wildman–Crippen LogP) is 20.7. The number of thiazole rings is 5. The molecule has 23 aromatic heterocycles. The molecule has 0 aliphatic rings. The van der Waals surface area contributed by atoms with Crippen LogP contribution in [0.4, 0.5) is 0 Å². The number of carbonyl (C=O) groups excluding carboxylic acids is 1. The molecule has 6 N–H and O–H groups in total. The SMILES string of the molecule is Cc1ccc(-c2nc(-c3c(C)nn4ccccc34)sc2-c2ncn[nH]2)o1.Cc1ccc(-c2nc(-c3c(C)nn4ccccc34)sc2-c2ncn[nH]2)s1.Cc1nc2ccc(C=O)cn2c1-c1nc(-c2ccccc2)c(-c2ncn[nH]2)s1.Cc1nn2ccccc2c1-c1nc(-c2ccc(CO)cc2)c(-c2ncn[nH]2)s1.Cc1nn2ccccc2c1-c1nc(-c2cccs2)c(-c2ncn[nH]2)s1. The zero-order chi connectivity index (χ0) is 90.3. The van der Waals surface area contributed by atoms with Crippen molar-refractivity contribution in [3.05, 3.63) is 294 Å². The van der Waals surface area contributed by atoms with Gasteiger partial charge in [-0.15, -0.1) is 79.4 Å². The van der Waals surface area contributed by atoms with Gasteiger partial charge in [0.25, 0.3) is 0 Å². The molecule has 2 aromatic carbocycles. The number of aliphatic hydroxyl groups excluding tert-OH is 1. The average molecular weight is 1880 g/mol. The third-order valence-corrected chi connectivity index (χ3v) is 28.6. The largest absolute Gasteiger partial charge is 0.460 e. The molecule has 652 valence electrons. The summed E-state index contributed by atoms with van der Waals surface area (Å²) in [4.78, 5) is 70.4. The predicted molar refractivity (Wildman–Crippen MR) is 518 cm³/mol. The highest BCUT2D eigenvalue weighted by molar-refractivity contribution is 7.21. The number of nitrogens with zero attached hydrogens (tertiary/aromatic N) is 25. The van der Waals surface area contributed by atoms with Crippen LogP contribution in [0.2, 0.25) is 0 Å². The number of H-pyrrole nitrogens is 5. The van der Waals surface area contributed by atoms with Gasteiger partial charge in [-0.1, -0.05) is 84.9 Å². The van der Waals surface area contributed by atoms with Crippen molar-refractivity contribution >= 4 is 113 Å². The van der Waals surface area contributed by atoms with Crippen LogP contribution in [0.5, 0.6) is 0 Å². The first-order valence-corrected chi connectivity index (χ1v) is 47.0. The number of furan rings is 1. The standard InChI is InChI=1S/C20H16N6OS.C20H14N6OS.C18H14N6OS.C18H14N6S2.C17H12N6S2/c1-12-16(15-4-2-3-9-26(15)25-12)20-23-17(14-7-5-13(10-27)6-8-14)18(28-20)19-21-11-22-24-19;1-12-17(26-9-13(10-27)7-8-15(26)23-12)20-24-16(14-5-3-2-4-6-14)18(28-20)19-21-11-22-25-19;2*1-10-6-7-13(25-10)15-16(17-19-9-20-22-17)26-18(21-15)14-11(2)23-24-8-4-3-5-12(14)24;1-10-13(11-5-2-3-7-23(11)22-10)17-20-14(12-6-4-8-24-12)15(25-17)16-18-9-19-21-16/h2-9,11,27H,10H2,1H3,(H,21,22,24);2-11H,1H3,(H,21,22,25);2*3-9H,1-2H3,(H,19,20,22);2-9H,1H3,(H,18,19,21). The third-order valence-electron chi connectivity index (χ3n) is 21.3. The molecule has 0 amide bonds. The molecular weight excluding hydrogens is 1810 g/mol. The highest BCUT2D eigenvalue weighted by Crippen LogP contribution is 2.48. The first kappa shape index (κ1) is 83.9. The fourth-order valence-electron chi connectivity index (χ4n) is 15.3. The summed E-state index contributed by atoms with van der Waals surface area (Å²) in [5.41, 5.74) is 22.2. The van der Waals surface area contributed by atoms with E-state index in [-0.39, 0.29) is 6.61 Å². The average Bonchev–Trinajstić information content (AvgIpc) is 1.63. The number of pyridine rings is 5. The third kappa shape index (κ3) is 16.4. The van der Waals surface area contributed by atoms with Gasteiger partial charge in [-0.25, -0.2) is 72.9 Å². The molecule has 0 fully saturated rings. The van der Waals surface area contributed by atoms with Crippen LogP contribution in [-0.2, 0) is 6.61 Å². The van der Waals surface area contributed by atoms with Gasteiger partial charge in [0.05, 0.1) is 110 Å². The molecule has 0 radical (unpaired) electrons. The topological polar surface area (TPSA) is 409 Å². The van der Waals surface area contributed by atoms with E-state index in [1.54, 1.807) is 80.3 Å². The lowest BCUT2D eigenvalue weighted by atomic mass is 10.1. The van der Waals surface area contributed by atoms with Crippen LogP contribution >= 0.6 is 79.4 Å². The number of aldehydes is 1. The molecule has 0 saturated heterocycles. The molecule has 25 rings (SSSR count). The maximum Gasteiger partial charge on any atom is 0.167 e. The molecule has 23 heterocycles. The van der Waals surface area contributed by atoms with Crippen molar-refractivity contribution < 1.29 is 14.3 Å². The van der Waals surface area contributed by atoms with Crippen LogP contribution in [0, 0.1) is 48.5 Å². The number of nitrogens with one attached hydrogen (secondary N) is 5. The Hall–Kier alpha value is -16.0. The van der Waals surface area contributed by atoms with Crippen molar-refractivity contribution in [3.63, 3.8) is 0 Å². The number of carbonyl (C=O) groups is 1. The van der Waals surface area contributed by atoms with Gasteiger partial charge in [0.1, 0.15) is 105 Å². The number of aliphatic hydroxyl groups is 1. The fraction of sp³-hybridized carbons (Fsp3) is 0.0860. The van der Waals surface area contributed by atoms with Crippen LogP contribution < -0.4 is 0 Å². The molecule has 0 aliphatic carbocycles. The lowest BCUT2D eigenvalue weighted by Gasteiger charge is -2.01. The summed E-state index contributed by atoms with van der Waals surface area (Å²) in [5.74, 6) is 5.05. The first-order valence-electron chi connectivity index (χ1n) is 41.2. The summed E-state index contributed by atoms with van der Waals surface area (Å²) in [7, 11) is 0. The Labute approximate surface area is 781 Å². The number of aromatic amines is 5. The van der Waals surface area contributed by atoms with Crippen molar-refractivity contribution in [1.29, 1.82) is 0 Å². The summed E-state index contributed by atoms with van der Waals surface area (Å²) in [6, 6.07) is 57.6. The summed E-state index contributed by atoms with van der Waals surface area (Å²) in [5, 5.41) is 68.9. The van der Waals surface area contributed by atoms with Crippen LogP contribution in [0.3, 0.4) is 0 Å². The number of aromatic nitrogens is 30. The summed E-state index contributed by atoms with van der Waals surface area (Å²) in [6.07, 6.45) is 17.9. The minimum atomic E-state index is 0.0130. The molecule has 0 unspecified atom stereocenters. The zero-order valence-electron chi connectivity index (χ0n) is 71.2. The van der Waals surface area contributed by atoms with Crippen molar-refractivity contribution in [2.75, 3.05) is 0 Å². The van der Waals surface area contributed by atoms with Gasteiger partial charge < -0.3 is 9.52 Å². The van der Waals surface area contributed by atoms with E-state index in [0.29, 0.717) is 28.8 Å². The molecule has 25 aromatic rings. The molecule has 0 spiro atoms. The van der Waals surface area contributed by atoms with Gasteiger partial charge in [0.15, 0.2) is 41.2 Å². The van der Waals surface area contributed by atoms with Crippen molar-refractivity contribution in [2.45, 2.75) is 55.1 Å². The number of imidazole rings is 1. The molecule has 133 heavy (non-hydrogen) atoms. The van der Waals surface area contributed by atoms with Gasteiger partial charge >= 0.3 is 0 Å². The van der Waals surface area contributed by atoms with Crippen molar-refractivity contribution in [1.82, 2.24) is 149 Å². The van der Waals surface area contributed by atoms with E-state index < -0.39 is 0 Å². The first-order chi connectivity index (χ1) is 65.2. The Morgan fingerprint density at radius 1 is 0.368 bits per heavy atom. The van der Waals surface area contributed by atoms with E-state index in [1.165, 1.54) is 47.9 Å². The van der Waals surface area contributed by atoms with Gasteiger partial charge in [-0.05, 0) is 150 Å². The molecule has 0 bridgehead atoms. The zero-order valence-corrected chi connectivity index (χ0v) is 76.9. The van der Waals surface area contributed by atoms with Crippen LogP contribution in [0.1, 0.15) is 55.0 Å². The second-order valence-electron chi connectivity index (χ2n) is 30.0. The van der Waals surface area contributed by atoms with E-state index in [0.717, 1.165) is 212 Å². The number of aryl methyl sites for hydroxylation is 7. The number of rotatable bonds is 17. The van der Waals surface area contributed by atoms with Crippen LogP contribution in [-0.4, -0.2) is 160 Å². The summed E-state index contributed by atoms with van der Waals surface area (Å²) >= 11 is 11.3.